The summed E-state index contributed by atoms with van der Waals surface area (Å²) in [6.07, 6.45) is -0.479. The van der Waals surface area contributed by atoms with Crippen molar-refractivity contribution in [3.8, 4) is 0 Å². The third-order valence-corrected chi connectivity index (χ3v) is 1.03. The molecule has 0 aliphatic carbocycles. The minimum absolute atomic E-state index is 0.115. The molecule has 0 fully saturated rings. The van der Waals surface area contributed by atoms with Gasteiger partial charge in [0.05, 0.1) is 5.88 Å². The third-order valence-electron chi connectivity index (χ3n) is 0.873. The van der Waals surface area contributed by atoms with E-state index in [2.05, 4.69) is 4.74 Å². The van der Waals surface area contributed by atoms with Crippen LogP contribution in [0.25, 0.3) is 0 Å². The molecule has 0 bridgehead atoms. The van der Waals surface area contributed by atoms with Gasteiger partial charge in [-0.1, -0.05) is 6.92 Å². The Kier molecular flexibility index (Phi) is 5.56. The van der Waals surface area contributed by atoms with Gasteiger partial charge >= 0.3 is 6.09 Å². The largest absolute Gasteiger partial charge is 0.448 e. The molecule has 0 heterocycles. The summed E-state index contributed by atoms with van der Waals surface area (Å²) in [6.45, 7) is 1.76. The van der Waals surface area contributed by atoms with Crippen LogP contribution in [0.4, 0.5) is 4.79 Å². The van der Waals surface area contributed by atoms with E-state index in [9.17, 15) is 9.59 Å². The van der Waals surface area contributed by atoms with Crippen LogP contribution < -0.4 is 5.32 Å². The standard InChI is InChI=1S/C6H10ClNO3/c1-2-5(9)8-6(10)11-4-3-7/h2-4H2,1H3,(H,8,9,10). The van der Waals surface area contributed by atoms with Crippen molar-refractivity contribution in [3.05, 3.63) is 0 Å². The molecule has 0 aromatic carbocycles. The molecule has 0 radical (unpaired) electrons. The smallest absolute Gasteiger partial charge is 0.413 e. The molecule has 0 spiro atoms. The van der Waals surface area contributed by atoms with Gasteiger partial charge in [-0.2, -0.15) is 0 Å². The Morgan fingerprint density at radius 3 is 2.64 bits per heavy atom. The van der Waals surface area contributed by atoms with Crippen LogP contribution in [0.5, 0.6) is 0 Å². The van der Waals surface area contributed by atoms with Crippen molar-refractivity contribution < 1.29 is 14.3 Å². The number of halogens is 1. The summed E-state index contributed by atoms with van der Waals surface area (Å²) in [7, 11) is 0. The fourth-order valence-corrected chi connectivity index (χ4v) is 0.447. The summed E-state index contributed by atoms with van der Waals surface area (Å²) in [5, 5.41) is 2.01. The number of nitrogens with one attached hydrogen (secondary N) is 1. The SMILES string of the molecule is CCC(=O)NC(=O)OCCCl. The fraction of sp³-hybridized carbons (Fsp3) is 0.667. The number of imide groups is 1. The van der Waals surface area contributed by atoms with E-state index >= 15 is 0 Å². The third kappa shape index (κ3) is 5.66. The minimum Gasteiger partial charge on any atom is -0.448 e. The number of carbonyl (C=O) groups excluding carboxylic acids is 2. The van der Waals surface area contributed by atoms with Crippen molar-refractivity contribution >= 4 is 23.6 Å². The number of ether oxygens (including phenoxy) is 1. The molecule has 0 aromatic rings. The van der Waals surface area contributed by atoms with E-state index in [1.165, 1.54) is 0 Å². The van der Waals surface area contributed by atoms with Gasteiger partial charge in [0.2, 0.25) is 5.91 Å². The van der Waals surface area contributed by atoms with E-state index in [0.29, 0.717) is 0 Å². The molecule has 0 saturated heterocycles. The van der Waals surface area contributed by atoms with Gasteiger partial charge in [-0.3, -0.25) is 10.1 Å². The number of alkyl carbamates (subject to hydrolysis) is 1. The van der Waals surface area contributed by atoms with Gasteiger partial charge in [-0.15, -0.1) is 11.6 Å². The van der Waals surface area contributed by atoms with E-state index in [-0.39, 0.29) is 24.8 Å². The van der Waals surface area contributed by atoms with Crippen molar-refractivity contribution in [1.82, 2.24) is 5.32 Å². The Hall–Kier alpha value is -0.770. The predicted molar refractivity (Wildman–Crippen MR) is 40.5 cm³/mol. The molecule has 11 heavy (non-hydrogen) atoms. The van der Waals surface area contributed by atoms with Gasteiger partial charge in [0, 0.05) is 6.42 Å². The van der Waals surface area contributed by atoms with Crippen LogP contribution in [0.3, 0.4) is 0 Å². The Labute approximate surface area is 69.9 Å². The summed E-state index contributed by atoms with van der Waals surface area (Å²) in [4.78, 5) is 21.1. The molecule has 0 rings (SSSR count). The first-order chi connectivity index (χ1) is 5.20. The van der Waals surface area contributed by atoms with Gasteiger partial charge in [0.25, 0.3) is 0 Å². The average molecular weight is 180 g/mol. The van der Waals surface area contributed by atoms with Crippen LogP contribution in [-0.2, 0) is 9.53 Å². The van der Waals surface area contributed by atoms with E-state index in [0.717, 1.165) is 0 Å². The number of hydrogen-bond acceptors (Lipinski definition) is 3. The van der Waals surface area contributed by atoms with Gasteiger partial charge in [-0.05, 0) is 0 Å². The highest BCUT2D eigenvalue weighted by atomic mass is 35.5. The van der Waals surface area contributed by atoms with Crippen LogP contribution in [0.2, 0.25) is 0 Å². The maximum atomic E-state index is 10.6. The fourth-order valence-electron chi connectivity index (χ4n) is 0.370. The van der Waals surface area contributed by atoms with Crippen molar-refractivity contribution in [2.75, 3.05) is 12.5 Å². The Balaban J connectivity index is 3.44. The maximum absolute atomic E-state index is 10.6. The zero-order valence-corrected chi connectivity index (χ0v) is 6.98. The summed E-state index contributed by atoms with van der Waals surface area (Å²) in [5.74, 6) is -0.127. The first-order valence-corrected chi connectivity index (χ1v) is 3.76. The molecule has 0 aliphatic heterocycles. The van der Waals surface area contributed by atoms with Gasteiger partial charge in [0.1, 0.15) is 6.61 Å². The maximum Gasteiger partial charge on any atom is 0.413 e. The molecule has 4 nitrogen and oxygen atoms in total. The first kappa shape index (κ1) is 10.2. The molecule has 0 atom stereocenters. The van der Waals surface area contributed by atoms with E-state index < -0.39 is 6.09 Å². The highest BCUT2D eigenvalue weighted by Gasteiger charge is 2.04. The molecule has 64 valence electrons. The lowest BCUT2D eigenvalue weighted by Crippen LogP contribution is -2.30. The number of hydrogen-bond donors (Lipinski definition) is 1. The van der Waals surface area contributed by atoms with Crippen LogP contribution in [0.1, 0.15) is 13.3 Å². The van der Waals surface area contributed by atoms with Crippen molar-refractivity contribution in [2.45, 2.75) is 13.3 Å². The molecule has 1 N–H and O–H groups in total. The number of carbonyl (C=O) groups is 2. The Morgan fingerprint density at radius 2 is 2.18 bits per heavy atom. The lowest BCUT2D eigenvalue weighted by molar-refractivity contribution is -0.120. The Bertz CT molecular complexity index is 149. The molecular weight excluding hydrogens is 170 g/mol. The molecule has 0 aromatic heterocycles. The minimum atomic E-state index is -0.738. The zero-order valence-electron chi connectivity index (χ0n) is 6.22. The highest BCUT2D eigenvalue weighted by Crippen LogP contribution is 1.82. The van der Waals surface area contributed by atoms with Gasteiger partial charge in [0.15, 0.2) is 0 Å². The first-order valence-electron chi connectivity index (χ1n) is 3.23. The van der Waals surface area contributed by atoms with Crippen molar-refractivity contribution in [1.29, 1.82) is 0 Å². The second-order valence-corrected chi connectivity index (χ2v) is 2.10. The summed E-state index contributed by atoms with van der Waals surface area (Å²) in [6, 6.07) is 0. The van der Waals surface area contributed by atoms with Crippen molar-refractivity contribution in [3.63, 3.8) is 0 Å². The monoisotopic (exact) mass is 179 g/mol. The predicted octanol–water partition coefficient (Wildman–Crippen LogP) is 0.888. The van der Waals surface area contributed by atoms with Crippen LogP contribution >= 0.6 is 11.6 Å². The molecule has 5 heteroatoms. The summed E-state index contributed by atoms with van der Waals surface area (Å²) >= 11 is 5.23. The van der Waals surface area contributed by atoms with Gasteiger partial charge in [-0.25, -0.2) is 4.79 Å². The average Bonchev–Trinajstić information content (AvgIpc) is 2.00. The van der Waals surface area contributed by atoms with E-state index in [4.69, 9.17) is 11.6 Å². The normalized spacial score (nSPS) is 8.91. The zero-order chi connectivity index (χ0) is 8.69. The Morgan fingerprint density at radius 1 is 1.55 bits per heavy atom. The summed E-state index contributed by atoms with van der Waals surface area (Å²) in [5.41, 5.74) is 0. The van der Waals surface area contributed by atoms with Gasteiger partial charge < -0.3 is 4.74 Å². The highest BCUT2D eigenvalue weighted by molar-refractivity contribution is 6.18. The molecule has 0 unspecified atom stereocenters. The molecule has 0 aliphatic rings. The quantitative estimate of drug-likeness (QED) is 0.655. The number of amides is 2. The topological polar surface area (TPSA) is 55.4 Å². The van der Waals surface area contributed by atoms with Crippen LogP contribution in [0.15, 0.2) is 0 Å². The van der Waals surface area contributed by atoms with Crippen LogP contribution in [-0.4, -0.2) is 24.5 Å². The van der Waals surface area contributed by atoms with E-state index in [1.54, 1.807) is 6.92 Å². The summed E-state index contributed by atoms with van der Waals surface area (Å²) < 4.78 is 4.46. The lowest BCUT2D eigenvalue weighted by atomic mass is 10.5. The number of alkyl halides is 1. The second kappa shape index (κ2) is 5.97. The van der Waals surface area contributed by atoms with Crippen LogP contribution in [0, 0.1) is 0 Å². The second-order valence-electron chi connectivity index (χ2n) is 1.73. The molecular formula is C6H10ClNO3. The molecule has 2 amide bonds. The van der Waals surface area contributed by atoms with E-state index in [1.807, 2.05) is 5.32 Å². The molecule has 0 saturated carbocycles. The lowest BCUT2D eigenvalue weighted by Gasteiger charge is -2.01. The number of rotatable bonds is 3. The van der Waals surface area contributed by atoms with Crippen molar-refractivity contribution in [2.24, 2.45) is 0 Å².